The summed E-state index contributed by atoms with van der Waals surface area (Å²) in [5.41, 5.74) is 2.94. The van der Waals surface area contributed by atoms with E-state index >= 15 is 0 Å². The number of carbonyl (C=O) groups is 1. The molecule has 5 heteroatoms. The average Bonchev–Trinajstić information content (AvgIpc) is 3.17. The molecule has 0 saturated heterocycles. The van der Waals surface area contributed by atoms with Gasteiger partial charge in [0.1, 0.15) is 0 Å². The summed E-state index contributed by atoms with van der Waals surface area (Å²) < 4.78 is 16.6. The lowest BCUT2D eigenvalue weighted by atomic mass is 9.71. The van der Waals surface area contributed by atoms with Crippen molar-refractivity contribution in [2.75, 3.05) is 20.4 Å². The Bertz CT molecular complexity index is 781. The molecule has 1 spiro atoms. The van der Waals surface area contributed by atoms with Crippen LogP contribution in [0.3, 0.4) is 0 Å². The summed E-state index contributed by atoms with van der Waals surface area (Å²) in [7, 11) is 1.71. The second kappa shape index (κ2) is 4.38. The van der Waals surface area contributed by atoms with Crippen molar-refractivity contribution in [3.63, 3.8) is 0 Å². The van der Waals surface area contributed by atoms with Crippen molar-refractivity contribution >= 4 is 5.91 Å². The van der Waals surface area contributed by atoms with E-state index in [9.17, 15) is 4.79 Å². The van der Waals surface area contributed by atoms with Crippen LogP contribution >= 0.6 is 0 Å². The molecule has 0 saturated carbocycles. The Kier molecular flexibility index (Phi) is 2.52. The molecule has 2 atom stereocenters. The zero-order valence-electron chi connectivity index (χ0n) is 12.9. The SMILES string of the molecule is COC1C=CC2=CCN3C(=O)Cc4cc5c(cc4C23C1)OCO5. The topological polar surface area (TPSA) is 48.0 Å². The van der Waals surface area contributed by atoms with Crippen LogP contribution in [-0.2, 0) is 21.5 Å². The maximum atomic E-state index is 12.7. The van der Waals surface area contributed by atoms with Gasteiger partial charge in [-0.05, 0) is 28.8 Å². The lowest BCUT2D eigenvalue weighted by Crippen LogP contribution is -2.53. The van der Waals surface area contributed by atoms with E-state index in [4.69, 9.17) is 14.2 Å². The minimum atomic E-state index is -0.429. The number of rotatable bonds is 1. The van der Waals surface area contributed by atoms with Crippen molar-refractivity contribution in [1.82, 2.24) is 4.90 Å². The number of amides is 1. The second-order valence-electron chi connectivity index (χ2n) is 6.40. The smallest absolute Gasteiger partial charge is 0.231 e. The molecule has 3 heterocycles. The fourth-order valence-electron chi connectivity index (χ4n) is 4.34. The van der Waals surface area contributed by atoms with Crippen LogP contribution in [0.2, 0.25) is 0 Å². The number of benzene rings is 1. The Morgan fingerprint density at radius 2 is 2.13 bits per heavy atom. The van der Waals surface area contributed by atoms with Crippen molar-refractivity contribution in [2.24, 2.45) is 0 Å². The maximum Gasteiger partial charge on any atom is 0.231 e. The lowest BCUT2D eigenvalue weighted by molar-refractivity contribution is -0.136. The van der Waals surface area contributed by atoms with E-state index in [1.54, 1.807) is 7.11 Å². The molecule has 1 aromatic rings. The van der Waals surface area contributed by atoms with E-state index in [2.05, 4.69) is 24.3 Å². The van der Waals surface area contributed by atoms with Gasteiger partial charge in [-0.25, -0.2) is 0 Å². The summed E-state index contributed by atoms with van der Waals surface area (Å²) >= 11 is 0. The number of methoxy groups -OCH3 is 1. The lowest BCUT2D eigenvalue weighted by Gasteiger charge is -2.48. The summed E-state index contributed by atoms with van der Waals surface area (Å²) in [6, 6.07) is 4.03. The number of hydrogen-bond acceptors (Lipinski definition) is 4. The number of carbonyl (C=O) groups excluding carboxylic acids is 1. The normalized spacial score (nSPS) is 30.0. The molecule has 1 aromatic carbocycles. The highest BCUT2D eigenvalue weighted by atomic mass is 16.7. The van der Waals surface area contributed by atoms with Crippen LogP contribution in [0, 0.1) is 0 Å². The van der Waals surface area contributed by atoms with Gasteiger partial charge in [0.25, 0.3) is 0 Å². The molecule has 1 amide bonds. The molecule has 0 fully saturated rings. The van der Waals surface area contributed by atoms with Gasteiger partial charge in [-0.3, -0.25) is 4.79 Å². The quantitative estimate of drug-likeness (QED) is 0.795. The van der Waals surface area contributed by atoms with Gasteiger partial charge < -0.3 is 19.1 Å². The van der Waals surface area contributed by atoms with Crippen molar-refractivity contribution in [3.8, 4) is 11.5 Å². The Hall–Kier alpha value is -2.27. The van der Waals surface area contributed by atoms with Crippen molar-refractivity contribution < 1.29 is 19.0 Å². The van der Waals surface area contributed by atoms with E-state index in [-0.39, 0.29) is 18.8 Å². The van der Waals surface area contributed by atoms with Gasteiger partial charge >= 0.3 is 0 Å². The Morgan fingerprint density at radius 3 is 2.96 bits per heavy atom. The first-order valence-corrected chi connectivity index (χ1v) is 7.87. The minimum absolute atomic E-state index is 0.00285. The second-order valence-corrected chi connectivity index (χ2v) is 6.40. The first-order chi connectivity index (χ1) is 11.2. The van der Waals surface area contributed by atoms with Gasteiger partial charge in [0.15, 0.2) is 11.5 Å². The summed E-state index contributed by atoms with van der Waals surface area (Å²) in [4.78, 5) is 14.7. The van der Waals surface area contributed by atoms with Crippen LogP contribution in [0.4, 0.5) is 0 Å². The third kappa shape index (κ3) is 1.58. The van der Waals surface area contributed by atoms with Gasteiger partial charge in [-0.2, -0.15) is 0 Å². The maximum absolute atomic E-state index is 12.7. The predicted octanol–water partition coefficient (Wildman–Crippen LogP) is 1.91. The third-order valence-electron chi connectivity index (χ3n) is 5.41. The van der Waals surface area contributed by atoms with E-state index < -0.39 is 5.54 Å². The van der Waals surface area contributed by atoms with E-state index in [0.29, 0.717) is 13.0 Å². The number of hydrogen-bond donors (Lipinski definition) is 0. The fourth-order valence-corrected chi connectivity index (χ4v) is 4.34. The monoisotopic (exact) mass is 311 g/mol. The van der Waals surface area contributed by atoms with Crippen molar-refractivity contribution in [1.29, 1.82) is 0 Å². The molecule has 0 radical (unpaired) electrons. The van der Waals surface area contributed by atoms with Crippen LogP contribution in [0.5, 0.6) is 11.5 Å². The van der Waals surface area contributed by atoms with Crippen LogP contribution < -0.4 is 9.47 Å². The summed E-state index contributed by atoms with van der Waals surface area (Å²) in [5.74, 6) is 1.66. The van der Waals surface area contributed by atoms with Crippen LogP contribution in [0.25, 0.3) is 0 Å². The molecule has 3 aliphatic heterocycles. The molecule has 0 aromatic heterocycles. The number of fused-ring (bicyclic) bond motifs is 2. The zero-order valence-corrected chi connectivity index (χ0v) is 12.9. The first kappa shape index (κ1) is 13.2. The standard InChI is InChI=1S/C18H17NO4/c1-21-13-3-2-12-4-5-19-17(20)7-11-6-15-16(23-10-22-15)8-14(11)18(12,19)9-13/h2-4,6,8,13H,5,7,9-10H2,1H3. The molecular formula is C18H17NO4. The summed E-state index contributed by atoms with van der Waals surface area (Å²) in [6.07, 6.45) is 7.48. The Morgan fingerprint density at radius 1 is 1.30 bits per heavy atom. The predicted molar refractivity (Wildman–Crippen MR) is 82.3 cm³/mol. The molecule has 0 bridgehead atoms. The van der Waals surface area contributed by atoms with Crippen LogP contribution in [0.1, 0.15) is 17.5 Å². The number of nitrogens with zero attached hydrogens (tertiary/aromatic N) is 1. The van der Waals surface area contributed by atoms with Gasteiger partial charge in [-0.15, -0.1) is 0 Å². The highest BCUT2D eigenvalue weighted by Crippen LogP contribution is 2.53. The Balaban J connectivity index is 1.75. The zero-order chi connectivity index (χ0) is 15.6. The average molecular weight is 311 g/mol. The first-order valence-electron chi connectivity index (χ1n) is 7.87. The molecule has 2 unspecified atom stereocenters. The van der Waals surface area contributed by atoms with Crippen molar-refractivity contribution in [3.05, 3.63) is 47.1 Å². The molecule has 0 N–H and O–H groups in total. The minimum Gasteiger partial charge on any atom is -0.454 e. The third-order valence-corrected chi connectivity index (χ3v) is 5.41. The van der Waals surface area contributed by atoms with Gasteiger partial charge in [0.2, 0.25) is 12.7 Å². The van der Waals surface area contributed by atoms with Gasteiger partial charge in [-0.1, -0.05) is 18.2 Å². The molecule has 1 aliphatic carbocycles. The summed E-state index contributed by atoms with van der Waals surface area (Å²) in [6.45, 7) is 0.898. The molecular weight excluding hydrogens is 294 g/mol. The van der Waals surface area contributed by atoms with E-state index in [1.165, 1.54) is 5.57 Å². The van der Waals surface area contributed by atoms with E-state index in [1.807, 2.05) is 11.0 Å². The van der Waals surface area contributed by atoms with Crippen molar-refractivity contribution in [2.45, 2.75) is 24.5 Å². The highest BCUT2D eigenvalue weighted by Gasteiger charge is 2.53. The molecule has 5 rings (SSSR count). The Labute approximate surface area is 134 Å². The number of ether oxygens (including phenoxy) is 3. The van der Waals surface area contributed by atoms with Crippen LogP contribution in [0.15, 0.2) is 35.9 Å². The van der Waals surface area contributed by atoms with Crippen LogP contribution in [-0.4, -0.2) is 37.4 Å². The van der Waals surface area contributed by atoms with Gasteiger partial charge in [0, 0.05) is 20.1 Å². The fraction of sp³-hybridized carbons (Fsp3) is 0.389. The largest absolute Gasteiger partial charge is 0.454 e. The molecule has 23 heavy (non-hydrogen) atoms. The van der Waals surface area contributed by atoms with Gasteiger partial charge in [0.05, 0.1) is 18.1 Å². The van der Waals surface area contributed by atoms with E-state index in [0.717, 1.165) is 29.0 Å². The highest BCUT2D eigenvalue weighted by molar-refractivity contribution is 5.85. The molecule has 4 aliphatic rings. The molecule has 118 valence electrons. The molecule has 5 nitrogen and oxygen atoms in total. The summed E-state index contributed by atoms with van der Waals surface area (Å²) in [5, 5.41) is 0.